The minimum atomic E-state index is -0.222. The first-order valence-corrected chi connectivity index (χ1v) is 7.90. The molecule has 0 aliphatic carbocycles. The lowest BCUT2D eigenvalue weighted by molar-refractivity contribution is -0.114. The summed E-state index contributed by atoms with van der Waals surface area (Å²) in [6, 6.07) is 7.23. The number of carbonyl (C=O) groups excluding carboxylic acids is 2. The van der Waals surface area contributed by atoms with Gasteiger partial charge in [0.1, 0.15) is 5.69 Å². The Morgan fingerprint density at radius 2 is 2.05 bits per heavy atom. The maximum atomic E-state index is 12.5. The summed E-state index contributed by atoms with van der Waals surface area (Å²) in [4.78, 5) is 29.2. The normalized spacial score (nSPS) is 11.8. The molecule has 1 heterocycles. The molecule has 0 fully saturated rings. The van der Waals surface area contributed by atoms with E-state index >= 15 is 0 Å². The van der Waals surface area contributed by atoms with Gasteiger partial charge in [0.2, 0.25) is 5.91 Å². The largest absolute Gasteiger partial charge is 0.334 e. The van der Waals surface area contributed by atoms with Gasteiger partial charge in [0.15, 0.2) is 5.13 Å². The summed E-state index contributed by atoms with van der Waals surface area (Å²) in [5.41, 5.74) is 1.17. The average Bonchev–Trinajstić information content (AvgIpc) is 2.93. The number of aromatic nitrogens is 1. The number of nitrogens with zero attached hydrogens (tertiary/aromatic N) is 2. The van der Waals surface area contributed by atoms with Crippen molar-refractivity contribution in [3.63, 3.8) is 0 Å². The number of carbonyl (C=O) groups is 2. The number of hydrogen-bond donors (Lipinski definition) is 1. The van der Waals surface area contributed by atoms with Gasteiger partial charge in [-0.2, -0.15) is 0 Å². The maximum absolute atomic E-state index is 12.5. The summed E-state index contributed by atoms with van der Waals surface area (Å²) >= 11 is 7.39. The van der Waals surface area contributed by atoms with Gasteiger partial charge >= 0.3 is 0 Å². The van der Waals surface area contributed by atoms with Gasteiger partial charge in [-0.3, -0.25) is 9.59 Å². The van der Waals surface area contributed by atoms with Crippen LogP contribution in [0.4, 0.5) is 5.13 Å². The monoisotopic (exact) mass is 337 g/mol. The molecule has 116 valence electrons. The molecular formula is C15H16ClN3O2S. The van der Waals surface area contributed by atoms with Crippen LogP contribution in [0.25, 0.3) is 0 Å². The fourth-order valence-corrected chi connectivity index (χ4v) is 2.98. The highest BCUT2D eigenvalue weighted by Gasteiger charge is 2.22. The van der Waals surface area contributed by atoms with Crippen LogP contribution in [-0.2, 0) is 4.79 Å². The molecule has 1 N–H and O–H groups in total. The SMILES string of the molecule is CC(=O)Nc1nc(C(=O)N(C)C(C)c2ccccc2Cl)cs1. The molecule has 2 aromatic rings. The molecule has 0 aliphatic rings. The van der Waals surface area contributed by atoms with Gasteiger partial charge in [0.25, 0.3) is 5.91 Å². The quantitative estimate of drug-likeness (QED) is 0.927. The molecule has 1 aromatic carbocycles. The van der Waals surface area contributed by atoms with Crippen LogP contribution in [0.3, 0.4) is 0 Å². The standard InChI is InChI=1S/C15H16ClN3O2S/c1-9(11-6-4-5-7-12(11)16)19(3)14(21)13-8-22-15(18-13)17-10(2)20/h4-9H,1-3H3,(H,17,18,20). The molecule has 0 radical (unpaired) electrons. The first-order valence-electron chi connectivity index (χ1n) is 6.65. The summed E-state index contributed by atoms with van der Waals surface area (Å²) in [5.74, 6) is -0.439. The van der Waals surface area contributed by atoms with Crippen molar-refractivity contribution in [2.45, 2.75) is 19.9 Å². The zero-order chi connectivity index (χ0) is 16.3. The number of anilines is 1. The van der Waals surface area contributed by atoms with E-state index < -0.39 is 0 Å². The predicted molar refractivity (Wildman–Crippen MR) is 88.4 cm³/mol. The first-order chi connectivity index (χ1) is 10.4. The fourth-order valence-electron chi connectivity index (χ4n) is 1.96. The second-order valence-electron chi connectivity index (χ2n) is 4.83. The van der Waals surface area contributed by atoms with E-state index in [9.17, 15) is 9.59 Å². The van der Waals surface area contributed by atoms with Gasteiger partial charge in [-0.1, -0.05) is 29.8 Å². The Kier molecular flexibility index (Phi) is 5.15. The lowest BCUT2D eigenvalue weighted by Crippen LogP contribution is -2.30. The second kappa shape index (κ2) is 6.89. The van der Waals surface area contributed by atoms with E-state index in [0.717, 1.165) is 5.56 Å². The highest BCUT2D eigenvalue weighted by Crippen LogP contribution is 2.27. The molecule has 0 spiro atoms. The van der Waals surface area contributed by atoms with E-state index in [0.29, 0.717) is 15.8 Å². The summed E-state index contributed by atoms with van der Waals surface area (Å²) in [6.45, 7) is 3.30. The van der Waals surface area contributed by atoms with E-state index in [1.165, 1.54) is 18.3 Å². The van der Waals surface area contributed by atoms with Crippen molar-refractivity contribution in [3.05, 3.63) is 45.9 Å². The summed E-state index contributed by atoms with van der Waals surface area (Å²) in [7, 11) is 1.70. The van der Waals surface area contributed by atoms with Gasteiger partial charge in [-0.15, -0.1) is 11.3 Å². The van der Waals surface area contributed by atoms with E-state index in [2.05, 4.69) is 10.3 Å². The Bertz CT molecular complexity index is 702. The van der Waals surface area contributed by atoms with Gasteiger partial charge in [-0.25, -0.2) is 4.98 Å². The first kappa shape index (κ1) is 16.5. The summed E-state index contributed by atoms with van der Waals surface area (Å²) < 4.78 is 0. The van der Waals surface area contributed by atoms with E-state index in [1.807, 2.05) is 25.1 Å². The molecular weight excluding hydrogens is 322 g/mol. The summed E-state index contributed by atoms with van der Waals surface area (Å²) in [5, 5.41) is 5.22. The molecule has 1 unspecified atom stereocenters. The Hall–Kier alpha value is -1.92. The number of benzene rings is 1. The molecule has 7 heteroatoms. The Morgan fingerprint density at radius 1 is 1.36 bits per heavy atom. The molecule has 0 saturated carbocycles. The topological polar surface area (TPSA) is 62.3 Å². The number of rotatable bonds is 4. The van der Waals surface area contributed by atoms with Crippen LogP contribution in [0.1, 0.15) is 35.9 Å². The molecule has 5 nitrogen and oxygen atoms in total. The fraction of sp³-hybridized carbons (Fsp3) is 0.267. The van der Waals surface area contributed by atoms with Crippen LogP contribution in [0.15, 0.2) is 29.6 Å². The van der Waals surface area contributed by atoms with E-state index in [1.54, 1.807) is 23.4 Å². The zero-order valence-corrected chi connectivity index (χ0v) is 14.0. The third kappa shape index (κ3) is 3.64. The lowest BCUT2D eigenvalue weighted by Gasteiger charge is -2.25. The van der Waals surface area contributed by atoms with E-state index in [4.69, 9.17) is 11.6 Å². The van der Waals surface area contributed by atoms with Crippen molar-refractivity contribution >= 4 is 39.9 Å². The van der Waals surface area contributed by atoms with Crippen LogP contribution in [0.2, 0.25) is 5.02 Å². The van der Waals surface area contributed by atoms with Crippen LogP contribution < -0.4 is 5.32 Å². The third-order valence-electron chi connectivity index (χ3n) is 3.26. The Labute approximate surface area is 137 Å². The van der Waals surface area contributed by atoms with Crippen molar-refractivity contribution in [1.29, 1.82) is 0 Å². The molecule has 0 bridgehead atoms. The number of hydrogen-bond acceptors (Lipinski definition) is 4. The van der Waals surface area contributed by atoms with Crippen molar-refractivity contribution in [1.82, 2.24) is 9.88 Å². The number of amides is 2. The molecule has 0 saturated heterocycles. The van der Waals surface area contributed by atoms with Gasteiger partial charge in [-0.05, 0) is 18.6 Å². The number of nitrogens with one attached hydrogen (secondary N) is 1. The van der Waals surface area contributed by atoms with Gasteiger partial charge in [0, 0.05) is 24.4 Å². The van der Waals surface area contributed by atoms with Crippen molar-refractivity contribution < 1.29 is 9.59 Å². The lowest BCUT2D eigenvalue weighted by atomic mass is 10.1. The van der Waals surface area contributed by atoms with Crippen molar-refractivity contribution in [2.24, 2.45) is 0 Å². The van der Waals surface area contributed by atoms with Crippen LogP contribution >= 0.6 is 22.9 Å². The van der Waals surface area contributed by atoms with Crippen LogP contribution in [0, 0.1) is 0 Å². The molecule has 1 aromatic heterocycles. The van der Waals surface area contributed by atoms with Crippen LogP contribution in [-0.4, -0.2) is 28.7 Å². The summed E-state index contributed by atoms with van der Waals surface area (Å²) in [6.07, 6.45) is 0. The van der Waals surface area contributed by atoms with E-state index in [-0.39, 0.29) is 17.9 Å². The Balaban J connectivity index is 2.16. The number of halogens is 1. The minimum absolute atomic E-state index is 0.188. The minimum Gasteiger partial charge on any atom is -0.334 e. The average molecular weight is 338 g/mol. The van der Waals surface area contributed by atoms with Crippen molar-refractivity contribution in [2.75, 3.05) is 12.4 Å². The highest BCUT2D eigenvalue weighted by atomic mass is 35.5. The Morgan fingerprint density at radius 3 is 2.68 bits per heavy atom. The van der Waals surface area contributed by atoms with Gasteiger partial charge < -0.3 is 10.2 Å². The smallest absolute Gasteiger partial charge is 0.273 e. The van der Waals surface area contributed by atoms with Crippen LogP contribution in [0.5, 0.6) is 0 Å². The maximum Gasteiger partial charge on any atom is 0.273 e. The molecule has 0 aliphatic heterocycles. The second-order valence-corrected chi connectivity index (χ2v) is 6.10. The van der Waals surface area contributed by atoms with Gasteiger partial charge in [0.05, 0.1) is 6.04 Å². The molecule has 2 rings (SSSR count). The highest BCUT2D eigenvalue weighted by molar-refractivity contribution is 7.14. The zero-order valence-electron chi connectivity index (χ0n) is 12.5. The molecule has 22 heavy (non-hydrogen) atoms. The molecule has 1 atom stereocenters. The molecule has 2 amide bonds. The predicted octanol–water partition coefficient (Wildman–Crippen LogP) is 3.59. The number of thiazole rings is 1. The van der Waals surface area contributed by atoms with Crippen molar-refractivity contribution in [3.8, 4) is 0 Å². The third-order valence-corrected chi connectivity index (χ3v) is 4.36.